The van der Waals surface area contributed by atoms with Gasteiger partial charge in [0.25, 0.3) is 0 Å². The maximum absolute atomic E-state index is 11.7. The van der Waals surface area contributed by atoms with Gasteiger partial charge < -0.3 is 20.3 Å². The molecule has 8 nitrogen and oxygen atoms in total. The molecule has 0 saturated carbocycles. The number of amides is 1. The van der Waals surface area contributed by atoms with Crippen molar-refractivity contribution < 1.29 is 34.1 Å². The molecule has 0 fully saturated rings. The molecule has 0 radical (unpaired) electrons. The fourth-order valence-corrected chi connectivity index (χ4v) is 1.65. The quantitative estimate of drug-likeness (QED) is 0.503. The molecule has 0 bridgehead atoms. The molecule has 3 N–H and O–H groups in total. The molecule has 2 rings (SSSR count). The Bertz CT molecular complexity index is 739. The number of rotatable bonds is 7. The zero-order chi connectivity index (χ0) is 19.4. The second-order valence-corrected chi connectivity index (χ2v) is 4.87. The van der Waals surface area contributed by atoms with Crippen LogP contribution < -0.4 is 5.32 Å². The Morgan fingerprint density at radius 3 is 2.08 bits per heavy atom. The number of aldehydes is 1. The van der Waals surface area contributed by atoms with Crippen LogP contribution in [0.4, 0.5) is 0 Å². The van der Waals surface area contributed by atoms with Crippen LogP contribution in [0, 0.1) is 0 Å². The summed E-state index contributed by atoms with van der Waals surface area (Å²) < 4.78 is 5.12. The Kier molecular flexibility index (Phi) is 8.60. The summed E-state index contributed by atoms with van der Waals surface area (Å²) in [6, 6.07) is 12.6. The van der Waals surface area contributed by atoms with Gasteiger partial charge in [-0.3, -0.25) is 14.4 Å². The first-order valence-corrected chi connectivity index (χ1v) is 7.35. The van der Waals surface area contributed by atoms with E-state index in [1.807, 2.05) is 5.32 Å². The van der Waals surface area contributed by atoms with Crippen molar-refractivity contribution in [2.45, 2.75) is 6.61 Å². The molecule has 26 heavy (non-hydrogen) atoms. The van der Waals surface area contributed by atoms with Crippen LogP contribution in [0.25, 0.3) is 0 Å². The highest BCUT2D eigenvalue weighted by Gasteiger charge is 2.07. The molecule has 0 unspecified atom stereocenters. The van der Waals surface area contributed by atoms with Crippen LogP contribution >= 0.6 is 0 Å². The standard InChI is InChI=1S/C15H12O4.C3H5NO3/c16-9-11-1-5-13(6-2-11)15(18)19-10-12-3-7-14(17)8-4-12;5-2-4-1-3(6)7/h1-9,17H,10H2;2H,1H2,(H,4,5)(H,6,7). The van der Waals surface area contributed by atoms with Crippen molar-refractivity contribution in [3.63, 3.8) is 0 Å². The number of aromatic hydroxyl groups is 1. The van der Waals surface area contributed by atoms with Gasteiger partial charge in [0.1, 0.15) is 25.2 Å². The average Bonchev–Trinajstić information content (AvgIpc) is 2.66. The number of carbonyl (C=O) groups is 4. The van der Waals surface area contributed by atoms with Gasteiger partial charge in [-0.1, -0.05) is 24.3 Å². The predicted molar refractivity (Wildman–Crippen MR) is 90.8 cm³/mol. The lowest BCUT2D eigenvalue weighted by atomic mass is 10.1. The van der Waals surface area contributed by atoms with Gasteiger partial charge in [0, 0.05) is 5.56 Å². The fraction of sp³-hybridized carbons (Fsp3) is 0.111. The molecule has 8 heteroatoms. The van der Waals surface area contributed by atoms with E-state index in [9.17, 15) is 19.2 Å². The molecule has 0 aliphatic carbocycles. The second-order valence-electron chi connectivity index (χ2n) is 4.87. The van der Waals surface area contributed by atoms with Gasteiger partial charge in [-0.25, -0.2) is 4.79 Å². The number of ether oxygens (including phenoxy) is 1. The Labute approximate surface area is 149 Å². The molecule has 2 aromatic rings. The van der Waals surface area contributed by atoms with Crippen molar-refractivity contribution >= 4 is 24.6 Å². The van der Waals surface area contributed by atoms with Gasteiger partial charge in [0.2, 0.25) is 6.41 Å². The number of esters is 1. The monoisotopic (exact) mass is 359 g/mol. The molecular weight excluding hydrogens is 342 g/mol. The van der Waals surface area contributed by atoms with E-state index in [4.69, 9.17) is 14.9 Å². The highest BCUT2D eigenvalue weighted by Crippen LogP contribution is 2.11. The summed E-state index contributed by atoms with van der Waals surface area (Å²) >= 11 is 0. The maximum Gasteiger partial charge on any atom is 0.338 e. The van der Waals surface area contributed by atoms with Crippen molar-refractivity contribution in [2.75, 3.05) is 6.54 Å². The summed E-state index contributed by atoms with van der Waals surface area (Å²) in [6.07, 6.45) is 1.06. The Morgan fingerprint density at radius 1 is 1.00 bits per heavy atom. The number of aliphatic carboxylic acids is 1. The van der Waals surface area contributed by atoms with E-state index in [1.54, 1.807) is 36.4 Å². The minimum Gasteiger partial charge on any atom is -0.508 e. The van der Waals surface area contributed by atoms with Crippen LogP contribution in [0.3, 0.4) is 0 Å². The zero-order valence-electron chi connectivity index (χ0n) is 13.6. The lowest BCUT2D eigenvalue weighted by Gasteiger charge is -2.05. The molecule has 0 spiro atoms. The van der Waals surface area contributed by atoms with E-state index in [-0.39, 0.29) is 18.9 Å². The summed E-state index contributed by atoms with van der Waals surface area (Å²) in [5.74, 6) is -1.32. The summed E-state index contributed by atoms with van der Waals surface area (Å²) in [5, 5.41) is 18.9. The lowest BCUT2D eigenvalue weighted by molar-refractivity contribution is -0.136. The third-order valence-electron chi connectivity index (χ3n) is 2.93. The number of carboxylic acid groups (broad SMARTS) is 1. The van der Waals surface area contributed by atoms with Crippen LogP contribution in [0.2, 0.25) is 0 Å². The fourth-order valence-electron chi connectivity index (χ4n) is 1.65. The number of benzene rings is 2. The molecule has 1 amide bonds. The summed E-state index contributed by atoms with van der Waals surface area (Å²) in [5.41, 5.74) is 1.69. The second kappa shape index (κ2) is 11.0. The van der Waals surface area contributed by atoms with Crippen molar-refractivity contribution in [1.29, 1.82) is 0 Å². The topological polar surface area (TPSA) is 130 Å². The van der Waals surface area contributed by atoms with E-state index in [1.165, 1.54) is 12.1 Å². The molecule has 0 heterocycles. The first kappa shape index (κ1) is 20.4. The normalized spacial score (nSPS) is 9.23. The Hall–Kier alpha value is -3.68. The zero-order valence-corrected chi connectivity index (χ0v) is 13.6. The number of carbonyl (C=O) groups excluding carboxylic acids is 3. The van der Waals surface area contributed by atoms with Gasteiger partial charge >= 0.3 is 11.9 Å². The third-order valence-corrected chi connectivity index (χ3v) is 2.93. The minimum atomic E-state index is -1.04. The van der Waals surface area contributed by atoms with Crippen LogP contribution in [-0.4, -0.2) is 41.4 Å². The number of phenolic OH excluding ortho intramolecular Hbond substituents is 1. The first-order valence-electron chi connectivity index (χ1n) is 7.35. The molecule has 0 aliphatic rings. The summed E-state index contributed by atoms with van der Waals surface area (Å²) in [6.45, 7) is -0.169. The van der Waals surface area contributed by atoms with E-state index >= 15 is 0 Å². The van der Waals surface area contributed by atoms with E-state index in [0.717, 1.165) is 5.56 Å². The van der Waals surface area contributed by atoms with E-state index in [2.05, 4.69) is 0 Å². The van der Waals surface area contributed by atoms with Crippen molar-refractivity contribution in [3.05, 3.63) is 65.2 Å². The van der Waals surface area contributed by atoms with Crippen LogP contribution in [0.15, 0.2) is 48.5 Å². The average molecular weight is 359 g/mol. The molecule has 2 aromatic carbocycles. The number of hydrogen-bond donors (Lipinski definition) is 3. The number of hydrogen-bond acceptors (Lipinski definition) is 6. The lowest BCUT2D eigenvalue weighted by Crippen LogP contribution is -2.20. The molecular formula is C18H17NO7. The van der Waals surface area contributed by atoms with Crippen molar-refractivity contribution in [2.24, 2.45) is 0 Å². The van der Waals surface area contributed by atoms with Gasteiger partial charge in [0.15, 0.2) is 0 Å². The molecule has 0 aromatic heterocycles. The van der Waals surface area contributed by atoms with Crippen LogP contribution in [0.1, 0.15) is 26.3 Å². The minimum absolute atomic E-state index is 0.133. The smallest absolute Gasteiger partial charge is 0.338 e. The van der Waals surface area contributed by atoms with Gasteiger partial charge in [-0.05, 0) is 29.8 Å². The predicted octanol–water partition coefficient (Wildman–Crippen LogP) is 1.38. The number of carboxylic acids is 1. The van der Waals surface area contributed by atoms with Gasteiger partial charge in [-0.15, -0.1) is 0 Å². The third kappa shape index (κ3) is 7.73. The highest BCUT2D eigenvalue weighted by molar-refractivity contribution is 5.90. The van der Waals surface area contributed by atoms with Gasteiger partial charge in [-0.2, -0.15) is 0 Å². The molecule has 0 atom stereocenters. The molecule has 0 aliphatic heterocycles. The number of nitrogens with one attached hydrogen (secondary N) is 1. The Morgan fingerprint density at radius 2 is 1.62 bits per heavy atom. The SMILES string of the molecule is O=CNCC(=O)O.O=Cc1ccc(C(=O)OCc2ccc(O)cc2)cc1. The van der Waals surface area contributed by atoms with Crippen LogP contribution in [-0.2, 0) is 20.9 Å². The number of phenols is 1. The van der Waals surface area contributed by atoms with Crippen molar-refractivity contribution in [3.8, 4) is 5.75 Å². The highest BCUT2D eigenvalue weighted by atomic mass is 16.5. The first-order chi connectivity index (χ1) is 12.5. The largest absolute Gasteiger partial charge is 0.508 e. The maximum atomic E-state index is 11.7. The summed E-state index contributed by atoms with van der Waals surface area (Å²) in [7, 11) is 0. The molecule has 0 saturated heterocycles. The van der Waals surface area contributed by atoms with Gasteiger partial charge in [0.05, 0.1) is 5.56 Å². The van der Waals surface area contributed by atoms with Crippen molar-refractivity contribution in [1.82, 2.24) is 5.32 Å². The van der Waals surface area contributed by atoms with Crippen LogP contribution in [0.5, 0.6) is 5.75 Å². The van der Waals surface area contributed by atoms with E-state index in [0.29, 0.717) is 23.8 Å². The summed E-state index contributed by atoms with van der Waals surface area (Å²) in [4.78, 5) is 41.1. The molecule has 136 valence electrons. The van der Waals surface area contributed by atoms with E-state index < -0.39 is 11.9 Å². The Balaban J connectivity index is 0.000000412.